The van der Waals surface area contributed by atoms with E-state index in [1.165, 1.54) is 0 Å². The number of pyridine rings is 1. The number of anilines is 2. The molecule has 0 unspecified atom stereocenters. The molecule has 0 radical (unpaired) electrons. The molecule has 114 valence electrons. The molecule has 0 saturated heterocycles. The van der Waals surface area contributed by atoms with Crippen LogP contribution >= 0.6 is 15.9 Å². The molecule has 1 N–H and O–H groups in total. The number of benzene rings is 1. The van der Waals surface area contributed by atoms with E-state index in [2.05, 4.69) is 31.2 Å². The van der Waals surface area contributed by atoms with Crippen molar-refractivity contribution in [2.75, 3.05) is 12.4 Å². The van der Waals surface area contributed by atoms with Crippen LogP contribution in [-0.4, -0.2) is 17.1 Å². The second kappa shape index (κ2) is 5.61. The van der Waals surface area contributed by atoms with Gasteiger partial charge < -0.3 is 14.5 Å². The standard InChI is InChI=1S/C16H16BrN3O2/c1-8-5-6-12(21-4)9(2)13(8)20-14-11(17)7-18-16-15(14)22-10(3)19-16/h5-7H,1-4H3,(H,18,20). The molecule has 0 aliphatic heterocycles. The molecular weight excluding hydrogens is 346 g/mol. The lowest BCUT2D eigenvalue weighted by Crippen LogP contribution is -2.00. The Balaban J connectivity index is 2.17. The van der Waals surface area contributed by atoms with Gasteiger partial charge in [-0.1, -0.05) is 6.07 Å². The number of fused-ring (bicyclic) bond motifs is 1. The first-order chi connectivity index (χ1) is 10.5. The van der Waals surface area contributed by atoms with Crippen LogP contribution in [0.4, 0.5) is 11.4 Å². The number of nitrogens with zero attached hydrogens (tertiary/aromatic N) is 2. The summed E-state index contributed by atoms with van der Waals surface area (Å²) in [6, 6.07) is 3.98. The largest absolute Gasteiger partial charge is 0.496 e. The second-order valence-corrected chi connectivity index (χ2v) is 5.93. The van der Waals surface area contributed by atoms with Crippen molar-refractivity contribution >= 4 is 38.5 Å². The molecule has 0 aliphatic carbocycles. The monoisotopic (exact) mass is 361 g/mol. The van der Waals surface area contributed by atoms with Gasteiger partial charge in [-0.25, -0.2) is 4.98 Å². The molecule has 22 heavy (non-hydrogen) atoms. The SMILES string of the molecule is COc1ccc(C)c(Nc2c(Br)cnc3nc(C)oc23)c1C. The smallest absolute Gasteiger partial charge is 0.201 e. The number of ether oxygens (including phenoxy) is 1. The fourth-order valence-electron chi connectivity index (χ4n) is 2.44. The lowest BCUT2D eigenvalue weighted by atomic mass is 10.1. The highest BCUT2D eigenvalue weighted by molar-refractivity contribution is 9.10. The van der Waals surface area contributed by atoms with Crippen LogP contribution in [0.1, 0.15) is 17.0 Å². The fourth-order valence-corrected chi connectivity index (χ4v) is 2.82. The van der Waals surface area contributed by atoms with Crippen molar-refractivity contribution < 1.29 is 9.15 Å². The van der Waals surface area contributed by atoms with E-state index in [-0.39, 0.29) is 0 Å². The molecule has 3 rings (SSSR count). The number of hydrogen-bond donors (Lipinski definition) is 1. The summed E-state index contributed by atoms with van der Waals surface area (Å²) in [6.45, 7) is 5.88. The van der Waals surface area contributed by atoms with Crippen LogP contribution in [0.5, 0.6) is 5.75 Å². The van der Waals surface area contributed by atoms with Gasteiger partial charge in [0.25, 0.3) is 0 Å². The normalized spacial score (nSPS) is 11.0. The minimum atomic E-state index is 0.585. The van der Waals surface area contributed by atoms with Crippen LogP contribution in [-0.2, 0) is 0 Å². The molecule has 0 fully saturated rings. The highest BCUT2D eigenvalue weighted by atomic mass is 79.9. The van der Waals surface area contributed by atoms with Gasteiger partial charge in [0, 0.05) is 24.4 Å². The van der Waals surface area contributed by atoms with Crippen LogP contribution in [0.15, 0.2) is 27.2 Å². The number of nitrogens with one attached hydrogen (secondary N) is 1. The number of hydrogen-bond acceptors (Lipinski definition) is 5. The van der Waals surface area contributed by atoms with Crippen molar-refractivity contribution in [1.29, 1.82) is 0 Å². The quantitative estimate of drug-likeness (QED) is 0.734. The van der Waals surface area contributed by atoms with E-state index in [0.29, 0.717) is 17.1 Å². The Kier molecular flexibility index (Phi) is 3.78. The highest BCUT2D eigenvalue weighted by Gasteiger charge is 2.16. The Morgan fingerprint density at radius 1 is 1.18 bits per heavy atom. The van der Waals surface area contributed by atoms with E-state index < -0.39 is 0 Å². The molecule has 2 aromatic heterocycles. The maximum absolute atomic E-state index is 5.69. The fraction of sp³-hybridized carbons (Fsp3) is 0.250. The molecule has 0 aliphatic rings. The topological polar surface area (TPSA) is 60.2 Å². The van der Waals surface area contributed by atoms with Crippen LogP contribution in [0.3, 0.4) is 0 Å². The molecule has 0 bridgehead atoms. The van der Waals surface area contributed by atoms with E-state index in [1.54, 1.807) is 20.2 Å². The Bertz CT molecular complexity index is 858. The van der Waals surface area contributed by atoms with Gasteiger partial charge in [0.15, 0.2) is 11.5 Å². The molecular formula is C16H16BrN3O2. The molecule has 0 spiro atoms. The summed E-state index contributed by atoms with van der Waals surface area (Å²) in [6.07, 6.45) is 1.72. The van der Waals surface area contributed by atoms with E-state index >= 15 is 0 Å². The van der Waals surface area contributed by atoms with Crippen molar-refractivity contribution in [3.05, 3.63) is 39.8 Å². The van der Waals surface area contributed by atoms with Crippen molar-refractivity contribution in [3.63, 3.8) is 0 Å². The van der Waals surface area contributed by atoms with Crippen LogP contribution in [0.25, 0.3) is 11.2 Å². The molecule has 5 nitrogen and oxygen atoms in total. The number of aromatic nitrogens is 2. The molecule has 6 heteroatoms. The third-order valence-corrected chi connectivity index (χ3v) is 4.18. The van der Waals surface area contributed by atoms with Crippen LogP contribution in [0.2, 0.25) is 0 Å². The number of methoxy groups -OCH3 is 1. The Morgan fingerprint density at radius 2 is 1.95 bits per heavy atom. The maximum Gasteiger partial charge on any atom is 0.201 e. The number of aryl methyl sites for hydroxylation is 2. The third kappa shape index (κ3) is 2.43. The first-order valence-electron chi connectivity index (χ1n) is 6.84. The predicted octanol–water partition coefficient (Wildman–Crippen LogP) is 4.66. The minimum absolute atomic E-state index is 0.585. The predicted molar refractivity (Wildman–Crippen MR) is 90.0 cm³/mol. The van der Waals surface area contributed by atoms with Gasteiger partial charge in [-0.2, -0.15) is 4.98 Å². The van der Waals surface area contributed by atoms with Gasteiger partial charge in [-0.15, -0.1) is 0 Å². The zero-order valence-corrected chi connectivity index (χ0v) is 14.4. The zero-order valence-electron chi connectivity index (χ0n) is 12.8. The lowest BCUT2D eigenvalue weighted by Gasteiger charge is -2.16. The summed E-state index contributed by atoms with van der Waals surface area (Å²) < 4.78 is 11.9. The molecule has 0 atom stereocenters. The highest BCUT2D eigenvalue weighted by Crippen LogP contribution is 2.37. The lowest BCUT2D eigenvalue weighted by molar-refractivity contribution is 0.412. The summed E-state index contributed by atoms with van der Waals surface area (Å²) in [7, 11) is 1.67. The Labute approximate surface area is 136 Å². The third-order valence-electron chi connectivity index (χ3n) is 3.58. The second-order valence-electron chi connectivity index (χ2n) is 5.08. The zero-order chi connectivity index (χ0) is 15.9. The van der Waals surface area contributed by atoms with E-state index in [4.69, 9.17) is 9.15 Å². The Morgan fingerprint density at radius 3 is 2.68 bits per heavy atom. The van der Waals surface area contributed by atoms with Gasteiger partial charge in [-0.3, -0.25) is 0 Å². The van der Waals surface area contributed by atoms with E-state index in [0.717, 1.165) is 32.7 Å². The Hall–Kier alpha value is -2.08. The molecule has 2 heterocycles. The van der Waals surface area contributed by atoms with Crippen molar-refractivity contribution in [3.8, 4) is 5.75 Å². The summed E-state index contributed by atoms with van der Waals surface area (Å²) in [5.74, 6) is 1.42. The average Bonchev–Trinajstić information content (AvgIpc) is 2.86. The van der Waals surface area contributed by atoms with Gasteiger partial charge in [-0.05, 0) is 41.4 Å². The van der Waals surface area contributed by atoms with Gasteiger partial charge in [0.2, 0.25) is 5.65 Å². The maximum atomic E-state index is 5.69. The summed E-state index contributed by atoms with van der Waals surface area (Å²) in [5.41, 5.74) is 5.17. The summed E-state index contributed by atoms with van der Waals surface area (Å²) in [5, 5.41) is 3.44. The minimum Gasteiger partial charge on any atom is -0.496 e. The molecule has 3 aromatic rings. The van der Waals surface area contributed by atoms with Crippen LogP contribution in [0, 0.1) is 20.8 Å². The molecule has 1 aromatic carbocycles. The molecule has 0 saturated carbocycles. The van der Waals surface area contributed by atoms with Crippen molar-refractivity contribution in [2.24, 2.45) is 0 Å². The first kappa shape index (κ1) is 14.8. The van der Waals surface area contributed by atoms with E-state index in [1.807, 2.05) is 26.0 Å². The van der Waals surface area contributed by atoms with Crippen LogP contribution < -0.4 is 10.1 Å². The van der Waals surface area contributed by atoms with Gasteiger partial charge in [0.05, 0.1) is 11.6 Å². The van der Waals surface area contributed by atoms with Gasteiger partial charge in [0.1, 0.15) is 11.4 Å². The average molecular weight is 362 g/mol. The number of rotatable bonds is 3. The van der Waals surface area contributed by atoms with Gasteiger partial charge >= 0.3 is 0 Å². The number of oxazole rings is 1. The molecule has 0 amide bonds. The van der Waals surface area contributed by atoms with E-state index in [9.17, 15) is 0 Å². The first-order valence-corrected chi connectivity index (χ1v) is 7.63. The number of halogens is 1. The van der Waals surface area contributed by atoms with Crippen molar-refractivity contribution in [2.45, 2.75) is 20.8 Å². The van der Waals surface area contributed by atoms with Crippen molar-refractivity contribution in [1.82, 2.24) is 9.97 Å². The summed E-state index contributed by atoms with van der Waals surface area (Å²) >= 11 is 3.52. The summed E-state index contributed by atoms with van der Waals surface area (Å²) in [4.78, 5) is 8.54.